The Morgan fingerprint density at radius 3 is 2.67 bits per heavy atom. The molecule has 0 fully saturated rings. The zero-order chi connectivity index (χ0) is 14.8. The van der Waals surface area contributed by atoms with Gasteiger partial charge >= 0.3 is 0 Å². The predicted octanol–water partition coefficient (Wildman–Crippen LogP) is 3.99. The van der Waals surface area contributed by atoms with E-state index in [1.807, 2.05) is 31.3 Å². The van der Waals surface area contributed by atoms with Gasteiger partial charge in [0.25, 0.3) is 0 Å². The van der Waals surface area contributed by atoms with Crippen LogP contribution in [0.15, 0.2) is 54.7 Å². The lowest BCUT2D eigenvalue weighted by molar-refractivity contribution is 0.614. The van der Waals surface area contributed by atoms with Crippen molar-refractivity contribution in [2.45, 2.75) is 13.0 Å². The van der Waals surface area contributed by atoms with Crippen molar-refractivity contribution in [3.8, 4) is 0 Å². The third-order valence-corrected chi connectivity index (χ3v) is 3.78. The summed E-state index contributed by atoms with van der Waals surface area (Å²) in [5.41, 5.74) is 3.76. The van der Waals surface area contributed by atoms with E-state index in [-0.39, 0.29) is 11.9 Å². The number of aryl methyl sites for hydroxylation is 1. The monoisotopic (exact) mass is 280 g/mol. The van der Waals surface area contributed by atoms with E-state index in [1.165, 1.54) is 6.07 Å². The minimum atomic E-state index is -0.176. The van der Waals surface area contributed by atoms with E-state index < -0.39 is 0 Å². The lowest BCUT2D eigenvalue weighted by Crippen LogP contribution is -2.18. The zero-order valence-electron chi connectivity index (χ0n) is 12.1. The molecule has 1 unspecified atom stereocenters. The second-order valence-corrected chi connectivity index (χ2v) is 5.15. The second kappa shape index (κ2) is 5.62. The molecule has 3 heteroatoms. The summed E-state index contributed by atoms with van der Waals surface area (Å²) >= 11 is 0. The molecule has 0 amide bonds. The number of benzene rings is 2. The van der Waals surface area contributed by atoms with E-state index >= 15 is 0 Å². The van der Waals surface area contributed by atoms with Crippen molar-refractivity contribution in [3.05, 3.63) is 77.2 Å². The molecule has 0 bridgehead atoms. The number of halogens is 1. The van der Waals surface area contributed by atoms with Crippen LogP contribution in [0.2, 0.25) is 0 Å². The first-order valence-corrected chi connectivity index (χ1v) is 6.97. The molecule has 0 aliphatic carbocycles. The number of rotatable bonds is 3. The Balaban J connectivity index is 2.16. The molecule has 3 rings (SSSR count). The van der Waals surface area contributed by atoms with E-state index in [1.54, 1.807) is 13.1 Å². The Kier molecular flexibility index (Phi) is 3.67. The normalized spacial score (nSPS) is 12.5. The topological polar surface area (TPSA) is 24.9 Å². The summed E-state index contributed by atoms with van der Waals surface area (Å²) in [7, 11) is 1.91. The van der Waals surface area contributed by atoms with Gasteiger partial charge in [-0.15, -0.1) is 0 Å². The van der Waals surface area contributed by atoms with Crippen LogP contribution in [0.5, 0.6) is 0 Å². The van der Waals surface area contributed by atoms with Crippen molar-refractivity contribution in [3.63, 3.8) is 0 Å². The Bertz CT molecular complexity index is 778. The SMILES string of the molecule is CNC(c1ccc(F)c(C)c1)c1cccc2cccnc12. The molecule has 1 heterocycles. The maximum atomic E-state index is 13.5. The van der Waals surface area contributed by atoms with Gasteiger partial charge in [0.05, 0.1) is 11.6 Å². The largest absolute Gasteiger partial charge is 0.309 e. The Morgan fingerprint density at radius 1 is 1.10 bits per heavy atom. The highest BCUT2D eigenvalue weighted by molar-refractivity contribution is 5.82. The fourth-order valence-corrected chi connectivity index (χ4v) is 2.71. The van der Waals surface area contributed by atoms with Crippen LogP contribution in [0, 0.1) is 12.7 Å². The van der Waals surface area contributed by atoms with Crippen LogP contribution < -0.4 is 5.32 Å². The van der Waals surface area contributed by atoms with Crippen LogP contribution in [0.3, 0.4) is 0 Å². The van der Waals surface area contributed by atoms with Gasteiger partial charge < -0.3 is 5.32 Å². The molecule has 21 heavy (non-hydrogen) atoms. The van der Waals surface area contributed by atoms with Gasteiger partial charge in [-0.1, -0.05) is 36.4 Å². The first kappa shape index (κ1) is 13.7. The first-order chi connectivity index (χ1) is 10.2. The van der Waals surface area contributed by atoms with Crippen LogP contribution in [-0.4, -0.2) is 12.0 Å². The summed E-state index contributed by atoms with van der Waals surface area (Å²) in [4.78, 5) is 4.50. The molecule has 0 aliphatic rings. The van der Waals surface area contributed by atoms with Crippen LogP contribution in [0.25, 0.3) is 10.9 Å². The first-order valence-electron chi connectivity index (χ1n) is 6.97. The van der Waals surface area contributed by atoms with E-state index in [0.717, 1.165) is 22.0 Å². The van der Waals surface area contributed by atoms with E-state index in [4.69, 9.17) is 0 Å². The lowest BCUT2D eigenvalue weighted by atomic mass is 9.95. The van der Waals surface area contributed by atoms with Gasteiger partial charge in [0.1, 0.15) is 5.82 Å². The van der Waals surface area contributed by atoms with Gasteiger partial charge in [0, 0.05) is 11.6 Å². The third-order valence-electron chi connectivity index (χ3n) is 3.78. The van der Waals surface area contributed by atoms with Crippen LogP contribution >= 0.6 is 0 Å². The number of hydrogen-bond acceptors (Lipinski definition) is 2. The standard InChI is InChI=1S/C18H17FN2/c1-12-11-14(8-9-16(12)19)17(20-2)15-7-3-5-13-6-4-10-21-18(13)15/h3-11,17,20H,1-2H3. The second-order valence-electron chi connectivity index (χ2n) is 5.15. The van der Waals surface area contributed by atoms with Crippen molar-refractivity contribution in [2.75, 3.05) is 7.05 Å². The maximum absolute atomic E-state index is 13.5. The smallest absolute Gasteiger partial charge is 0.126 e. The number of fused-ring (bicyclic) bond motifs is 1. The highest BCUT2D eigenvalue weighted by atomic mass is 19.1. The molecule has 0 aliphatic heterocycles. The molecule has 0 saturated heterocycles. The number of aromatic nitrogens is 1. The van der Waals surface area contributed by atoms with Crippen molar-refractivity contribution in [1.29, 1.82) is 0 Å². The maximum Gasteiger partial charge on any atom is 0.126 e. The summed E-state index contributed by atoms with van der Waals surface area (Å²) in [5.74, 6) is -0.176. The van der Waals surface area contributed by atoms with Gasteiger partial charge in [-0.05, 0) is 42.8 Å². The summed E-state index contributed by atoms with van der Waals surface area (Å²) in [6, 6.07) is 15.3. The summed E-state index contributed by atoms with van der Waals surface area (Å²) in [6.07, 6.45) is 1.80. The number of para-hydroxylation sites is 1. The molecule has 0 radical (unpaired) electrons. The molecule has 2 aromatic carbocycles. The van der Waals surface area contributed by atoms with E-state index in [2.05, 4.69) is 28.5 Å². The van der Waals surface area contributed by atoms with Gasteiger partial charge in [-0.2, -0.15) is 0 Å². The van der Waals surface area contributed by atoms with Crippen molar-refractivity contribution in [2.24, 2.45) is 0 Å². The zero-order valence-corrected chi connectivity index (χ0v) is 12.1. The van der Waals surface area contributed by atoms with Crippen LogP contribution in [-0.2, 0) is 0 Å². The van der Waals surface area contributed by atoms with Crippen LogP contribution in [0.4, 0.5) is 4.39 Å². The van der Waals surface area contributed by atoms with E-state index in [9.17, 15) is 4.39 Å². The number of nitrogens with one attached hydrogen (secondary N) is 1. The molecule has 1 aromatic heterocycles. The molecule has 2 nitrogen and oxygen atoms in total. The highest BCUT2D eigenvalue weighted by Gasteiger charge is 2.16. The molecular formula is C18H17FN2. The highest BCUT2D eigenvalue weighted by Crippen LogP contribution is 2.28. The summed E-state index contributed by atoms with van der Waals surface area (Å²) in [6.45, 7) is 1.78. The minimum Gasteiger partial charge on any atom is -0.309 e. The minimum absolute atomic E-state index is 0.0112. The Labute approximate surface area is 123 Å². The molecular weight excluding hydrogens is 263 g/mol. The van der Waals surface area contributed by atoms with E-state index in [0.29, 0.717) is 5.56 Å². The van der Waals surface area contributed by atoms with Crippen molar-refractivity contribution >= 4 is 10.9 Å². The summed E-state index contributed by atoms with van der Waals surface area (Å²) in [5, 5.41) is 4.42. The molecule has 0 saturated carbocycles. The Morgan fingerprint density at radius 2 is 1.90 bits per heavy atom. The van der Waals surface area contributed by atoms with Crippen molar-refractivity contribution in [1.82, 2.24) is 10.3 Å². The number of hydrogen-bond donors (Lipinski definition) is 1. The van der Waals surface area contributed by atoms with Gasteiger partial charge in [0.15, 0.2) is 0 Å². The van der Waals surface area contributed by atoms with Gasteiger partial charge in [0.2, 0.25) is 0 Å². The fourth-order valence-electron chi connectivity index (χ4n) is 2.71. The lowest BCUT2D eigenvalue weighted by Gasteiger charge is -2.19. The Hall–Kier alpha value is -2.26. The average Bonchev–Trinajstić information content (AvgIpc) is 2.52. The molecule has 1 N–H and O–H groups in total. The number of pyridine rings is 1. The summed E-state index contributed by atoms with van der Waals surface area (Å²) < 4.78 is 13.5. The molecule has 1 atom stereocenters. The van der Waals surface area contributed by atoms with Crippen molar-refractivity contribution < 1.29 is 4.39 Å². The molecule has 0 spiro atoms. The average molecular weight is 280 g/mol. The third kappa shape index (κ3) is 2.52. The fraction of sp³-hybridized carbons (Fsp3) is 0.167. The van der Waals surface area contributed by atoms with Gasteiger partial charge in [-0.3, -0.25) is 4.98 Å². The number of nitrogens with zero attached hydrogens (tertiary/aromatic N) is 1. The quantitative estimate of drug-likeness (QED) is 0.784. The predicted molar refractivity (Wildman–Crippen MR) is 83.8 cm³/mol. The van der Waals surface area contributed by atoms with Gasteiger partial charge in [-0.25, -0.2) is 4.39 Å². The molecule has 3 aromatic rings. The molecule has 106 valence electrons. The van der Waals surface area contributed by atoms with Crippen LogP contribution in [0.1, 0.15) is 22.7 Å².